The molecule has 1 saturated carbocycles. The number of amides is 1. The number of alkyl halides is 3. The molecule has 176 valence electrons. The van der Waals surface area contributed by atoms with E-state index in [1.807, 2.05) is 11.8 Å². The Morgan fingerprint density at radius 3 is 2.52 bits per heavy atom. The van der Waals surface area contributed by atoms with Crippen LogP contribution in [0, 0.1) is 6.92 Å². The molecule has 0 radical (unpaired) electrons. The summed E-state index contributed by atoms with van der Waals surface area (Å²) in [5.74, 6) is -0.200. The summed E-state index contributed by atoms with van der Waals surface area (Å²) in [6, 6.07) is 5.82. The zero-order valence-electron chi connectivity index (χ0n) is 18.6. The molecule has 1 aliphatic carbocycles. The van der Waals surface area contributed by atoms with Gasteiger partial charge in [0.15, 0.2) is 5.69 Å². The summed E-state index contributed by atoms with van der Waals surface area (Å²) >= 11 is 6.13. The average Bonchev–Trinajstić information content (AvgIpc) is 3.10. The second-order valence-corrected chi connectivity index (χ2v) is 9.05. The highest BCUT2D eigenvalue weighted by molar-refractivity contribution is 6.31. The summed E-state index contributed by atoms with van der Waals surface area (Å²) in [4.78, 5) is 18.2. The van der Waals surface area contributed by atoms with Gasteiger partial charge in [0.2, 0.25) is 0 Å². The normalized spacial score (nSPS) is 19.0. The van der Waals surface area contributed by atoms with Crippen LogP contribution >= 0.6 is 11.6 Å². The molecular weight excluding hydrogens is 455 g/mol. The lowest BCUT2D eigenvalue weighted by atomic mass is 9.89. The van der Waals surface area contributed by atoms with Crippen molar-refractivity contribution in [1.82, 2.24) is 20.1 Å². The van der Waals surface area contributed by atoms with Crippen molar-refractivity contribution in [1.29, 1.82) is 0 Å². The molecular formula is C23H25ClF3N5O. The van der Waals surface area contributed by atoms with E-state index in [0.717, 1.165) is 37.3 Å². The molecule has 3 aromatic rings. The highest BCUT2D eigenvalue weighted by Gasteiger charge is 2.35. The maximum atomic E-state index is 13.5. The summed E-state index contributed by atoms with van der Waals surface area (Å²) in [6.45, 7) is 1.84. The number of fused-ring (bicyclic) bond motifs is 1. The van der Waals surface area contributed by atoms with Crippen molar-refractivity contribution < 1.29 is 18.0 Å². The van der Waals surface area contributed by atoms with Crippen LogP contribution in [-0.4, -0.2) is 39.8 Å². The number of aromatic nitrogens is 3. The molecule has 0 saturated heterocycles. The van der Waals surface area contributed by atoms with Gasteiger partial charge in [0.1, 0.15) is 5.69 Å². The molecule has 1 N–H and O–H groups in total. The zero-order valence-corrected chi connectivity index (χ0v) is 19.3. The average molecular weight is 480 g/mol. The maximum absolute atomic E-state index is 13.5. The van der Waals surface area contributed by atoms with E-state index in [2.05, 4.69) is 15.4 Å². The first-order valence-electron chi connectivity index (χ1n) is 10.7. The van der Waals surface area contributed by atoms with Gasteiger partial charge in [-0.05, 0) is 56.9 Å². The molecule has 2 heterocycles. The Kier molecular flexibility index (Phi) is 6.26. The van der Waals surface area contributed by atoms with E-state index in [9.17, 15) is 18.0 Å². The highest BCUT2D eigenvalue weighted by atomic mass is 35.5. The van der Waals surface area contributed by atoms with Crippen LogP contribution in [-0.2, 0) is 13.2 Å². The molecule has 4 rings (SSSR count). The van der Waals surface area contributed by atoms with Crippen LogP contribution in [0.15, 0.2) is 30.5 Å². The highest BCUT2D eigenvalue weighted by Crippen LogP contribution is 2.37. The van der Waals surface area contributed by atoms with E-state index >= 15 is 0 Å². The number of rotatable bonds is 4. The standard InChI is InChI=1S/C23H25ClF3N5O/c1-13-12-31(2)30-21(13)22(33)28-15-5-7-16(8-6-15)32(3)19-11-20(23(25,26)27)29-18-9-4-14(24)10-17(18)19/h4,9-12,15-16H,5-8H2,1-3H3,(H,28,33)/t15-,16+. The number of nitrogens with one attached hydrogen (secondary N) is 1. The van der Waals surface area contributed by atoms with Gasteiger partial charge in [-0.2, -0.15) is 18.3 Å². The van der Waals surface area contributed by atoms with Gasteiger partial charge in [0.05, 0.1) is 5.52 Å². The van der Waals surface area contributed by atoms with Crippen LogP contribution in [0.5, 0.6) is 0 Å². The number of anilines is 1. The van der Waals surface area contributed by atoms with Crippen LogP contribution in [0.1, 0.15) is 47.4 Å². The topological polar surface area (TPSA) is 63.1 Å². The predicted octanol–water partition coefficient (Wildman–Crippen LogP) is 5.13. The largest absolute Gasteiger partial charge is 0.433 e. The van der Waals surface area contributed by atoms with E-state index in [4.69, 9.17) is 11.6 Å². The van der Waals surface area contributed by atoms with Gasteiger partial charge >= 0.3 is 6.18 Å². The Labute approximate surface area is 194 Å². The quantitative estimate of drug-likeness (QED) is 0.563. The number of benzene rings is 1. The number of carbonyl (C=O) groups excluding carboxylic acids is 1. The summed E-state index contributed by atoms with van der Waals surface area (Å²) < 4.78 is 42.0. The van der Waals surface area contributed by atoms with E-state index in [1.54, 1.807) is 31.0 Å². The van der Waals surface area contributed by atoms with E-state index in [-0.39, 0.29) is 23.5 Å². The number of carbonyl (C=O) groups is 1. The maximum Gasteiger partial charge on any atom is 0.433 e. The molecule has 1 fully saturated rings. The van der Waals surface area contributed by atoms with Crippen molar-refractivity contribution in [3.8, 4) is 0 Å². The first kappa shape index (κ1) is 23.4. The van der Waals surface area contributed by atoms with Crippen molar-refractivity contribution >= 4 is 34.1 Å². The van der Waals surface area contributed by atoms with Crippen molar-refractivity contribution in [3.05, 3.63) is 52.4 Å². The van der Waals surface area contributed by atoms with Crippen molar-refractivity contribution in [2.24, 2.45) is 7.05 Å². The molecule has 0 bridgehead atoms. The summed E-state index contributed by atoms with van der Waals surface area (Å²) in [7, 11) is 3.57. The van der Waals surface area contributed by atoms with Gasteiger partial charge in [-0.1, -0.05) is 11.6 Å². The number of hydrogen-bond acceptors (Lipinski definition) is 4. The van der Waals surface area contributed by atoms with Crippen LogP contribution in [0.25, 0.3) is 10.9 Å². The van der Waals surface area contributed by atoms with Crippen molar-refractivity contribution in [3.63, 3.8) is 0 Å². The van der Waals surface area contributed by atoms with E-state index in [1.165, 1.54) is 12.1 Å². The van der Waals surface area contributed by atoms with Gasteiger partial charge in [0, 0.05) is 54.0 Å². The molecule has 6 nitrogen and oxygen atoms in total. The number of hydrogen-bond donors (Lipinski definition) is 1. The third-order valence-corrected chi connectivity index (χ3v) is 6.46. The Balaban J connectivity index is 1.50. The SMILES string of the molecule is Cc1cn(C)nc1C(=O)N[C@H]1CC[C@@H](N(C)c2cc(C(F)(F)F)nc3ccc(Cl)cc23)CC1. The van der Waals surface area contributed by atoms with Gasteiger partial charge in [-0.15, -0.1) is 0 Å². The molecule has 0 unspecified atom stereocenters. The number of nitrogens with zero attached hydrogens (tertiary/aromatic N) is 4. The summed E-state index contributed by atoms with van der Waals surface area (Å²) in [6.07, 6.45) is 0.157. The molecule has 2 aromatic heterocycles. The number of aryl methyl sites for hydroxylation is 2. The molecule has 0 spiro atoms. The van der Waals surface area contributed by atoms with Gasteiger partial charge in [0.25, 0.3) is 5.91 Å². The molecule has 0 aliphatic heterocycles. The molecule has 33 heavy (non-hydrogen) atoms. The fraction of sp³-hybridized carbons (Fsp3) is 0.435. The van der Waals surface area contributed by atoms with Gasteiger partial charge < -0.3 is 10.2 Å². The monoisotopic (exact) mass is 479 g/mol. The molecule has 1 aliphatic rings. The molecule has 10 heteroatoms. The smallest absolute Gasteiger partial charge is 0.371 e. The minimum Gasteiger partial charge on any atom is -0.371 e. The Morgan fingerprint density at radius 1 is 1.21 bits per heavy atom. The fourth-order valence-corrected chi connectivity index (χ4v) is 4.68. The van der Waals surface area contributed by atoms with Gasteiger partial charge in [-0.25, -0.2) is 4.98 Å². The second-order valence-electron chi connectivity index (χ2n) is 8.61. The van der Waals surface area contributed by atoms with E-state index < -0.39 is 11.9 Å². The number of halogens is 4. The van der Waals surface area contributed by atoms with Crippen LogP contribution in [0.2, 0.25) is 5.02 Å². The minimum absolute atomic E-state index is 0.00193. The van der Waals surface area contributed by atoms with Crippen LogP contribution in [0.3, 0.4) is 0 Å². The summed E-state index contributed by atoms with van der Waals surface area (Å²) in [5, 5.41) is 8.28. The van der Waals surface area contributed by atoms with Crippen molar-refractivity contribution in [2.75, 3.05) is 11.9 Å². The molecule has 1 aromatic carbocycles. The Bertz CT molecular complexity index is 1180. The predicted molar refractivity (Wildman–Crippen MR) is 122 cm³/mol. The van der Waals surface area contributed by atoms with E-state index in [0.29, 0.717) is 21.8 Å². The Hall–Kier alpha value is -2.81. The third-order valence-electron chi connectivity index (χ3n) is 6.23. The first-order chi connectivity index (χ1) is 15.5. The van der Waals surface area contributed by atoms with Crippen LogP contribution < -0.4 is 10.2 Å². The lowest BCUT2D eigenvalue weighted by Crippen LogP contribution is -2.43. The first-order valence-corrected chi connectivity index (χ1v) is 11.1. The zero-order chi connectivity index (χ0) is 23.9. The lowest BCUT2D eigenvalue weighted by molar-refractivity contribution is -0.140. The van der Waals surface area contributed by atoms with Crippen molar-refractivity contribution in [2.45, 2.75) is 50.9 Å². The van der Waals surface area contributed by atoms with Gasteiger partial charge in [-0.3, -0.25) is 9.48 Å². The Morgan fingerprint density at radius 2 is 1.91 bits per heavy atom. The summed E-state index contributed by atoms with van der Waals surface area (Å²) in [5.41, 5.74) is 1.00. The second kappa shape index (κ2) is 8.85. The van der Waals surface area contributed by atoms with Crippen LogP contribution in [0.4, 0.5) is 18.9 Å². The number of pyridine rings is 1. The molecule has 0 atom stereocenters. The minimum atomic E-state index is -4.55. The fourth-order valence-electron chi connectivity index (χ4n) is 4.51. The third kappa shape index (κ3) is 4.93. The molecule has 1 amide bonds. The lowest BCUT2D eigenvalue weighted by Gasteiger charge is -2.37.